The van der Waals surface area contributed by atoms with Crippen LogP contribution in [0.3, 0.4) is 0 Å². The van der Waals surface area contributed by atoms with Crippen molar-refractivity contribution in [3.63, 3.8) is 0 Å². The Morgan fingerprint density at radius 3 is 2.73 bits per heavy atom. The standard InChI is InChI=1S/C14H16O/c1-12(13-7-4-3-5-8-13)11-14(2)9-6-10-15-14/h3-8,10H,1,9,11H2,2H3. The highest BCUT2D eigenvalue weighted by atomic mass is 16.5. The second-order valence-corrected chi connectivity index (χ2v) is 4.29. The minimum Gasteiger partial charge on any atom is -0.495 e. The zero-order valence-electron chi connectivity index (χ0n) is 9.07. The van der Waals surface area contributed by atoms with Crippen LogP contribution in [0.2, 0.25) is 0 Å². The van der Waals surface area contributed by atoms with E-state index < -0.39 is 0 Å². The lowest BCUT2D eigenvalue weighted by molar-refractivity contribution is 0.0688. The summed E-state index contributed by atoms with van der Waals surface area (Å²) in [7, 11) is 0. The summed E-state index contributed by atoms with van der Waals surface area (Å²) in [6.07, 6.45) is 5.71. The molecule has 0 aliphatic carbocycles. The van der Waals surface area contributed by atoms with Crippen LogP contribution in [0.5, 0.6) is 0 Å². The number of rotatable bonds is 3. The van der Waals surface area contributed by atoms with Gasteiger partial charge in [0.1, 0.15) is 5.60 Å². The first-order chi connectivity index (χ1) is 7.20. The predicted octanol–water partition coefficient (Wildman–Crippen LogP) is 3.78. The van der Waals surface area contributed by atoms with Gasteiger partial charge in [0.15, 0.2) is 0 Å². The largest absolute Gasteiger partial charge is 0.495 e. The van der Waals surface area contributed by atoms with Crippen LogP contribution in [0.1, 0.15) is 25.3 Å². The van der Waals surface area contributed by atoms with Crippen molar-refractivity contribution in [2.24, 2.45) is 0 Å². The molecular formula is C14H16O. The molecule has 78 valence electrons. The van der Waals surface area contributed by atoms with Gasteiger partial charge in [-0.2, -0.15) is 0 Å². The van der Waals surface area contributed by atoms with Gasteiger partial charge >= 0.3 is 0 Å². The molecule has 1 aliphatic rings. The highest BCUT2D eigenvalue weighted by Crippen LogP contribution is 2.32. The zero-order chi connectivity index (χ0) is 10.7. The van der Waals surface area contributed by atoms with Gasteiger partial charge in [0.25, 0.3) is 0 Å². The molecule has 1 heteroatoms. The Labute approximate surface area is 91.1 Å². The van der Waals surface area contributed by atoms with Crippen LogP contribution in [-0.4, -0.2) is 5.60 Å². The predicted molar refractivity (Wildman–Crippen MR) is 63.3 cm³/mol. The fraction of sp³-hybridized carbons (Fsp3) is 0.286. The Morgan fingerprint density at radius 1 is 1.40 bits per heavy atom. The van der Waals surface area contributed by atoms with Gasteiger partial charge in [0.2, 0.25) is 0 Å². The first kappa shape index (κ1) is 10.0. The average Bonchev–Trinajstić information content (AvgIpc) is 2.66. The molecule has 1 atom stereocenters. The zero-order valence-corrected chi connectivity index (χ0v) is 9.07. The van der Waals surface area contributed by atoms with Crippen LogP contribution in [0.4, 0.5) is 0 Å². The Hall–Kier alpha value is -1.50. The first-order valence-electron chi connectivity index (χ1n) is 5.26. The van der Waals surface area contributed by atoms with Crippen LogP contribution in [0.25, 0.3) is 5.57 Å². The molecule has 0 fully saturated rings. The maximum absolute atomic E-state index is 5.59. The van der Waals surface area contributed by atoms with Crippen LogP contribution >= 0.6 is 0 Å². The SMILES string of the molecule is C=C(CC1(C)CC=CO1)c1ccccc1. The molecule has 0 bridgehead atoms. The summed E-state index contributed by atoms with van der Waals surface area (Å²) >= 11 is 0. The molecule has 15 heavy (non-hydrogen) atoms. The molecule has 0 saturated heterocycles. The molecule has 0 radical (unpaired) electrons. The van der Waals surface area contributed by atoms with Crippen molar-refractivity contribution in [2.75, 3.05) is 0 Å². The maximum atomic E-state index is 5.59. The van der Waals surface area contributed by atoms with E-state index in [2.05, 4.69) is 31.7 Å². The minimum atomic E-state index is -0.0904. The third-order valence-electron chi connectivity index (χ3n) is 2.77. The number of hydrogen-bond donors (Lipinski definition) is 0. The smallest absolute Gasteiger partial charge is 0.113 e. The Balaban J connectivity index is 2.04. The van der Waals surface area contributed by atoms with Gasteiger partial charge in [-0.05, 0) is 24.1 Å². The van der Waals surface area contributed by atoms with E-state index >= 15 is 0 Å². The summed E-state index contributed by atoms with van der Waals surface area (Å²) in [6, 6.07) is 10.3. The Morgan fingerprint density at radius 2 is 2.13 bits per heavy atom. The molecule has 0 amide bonds. The monoisotopic (exact) mass is 200 g/mol. The average molecular weight is 200 g/mol. The maximum Gasteiger partial charge on any atom is 0.113 e. The molecule has 1 unspecified atom stereocenters. The molecular weight excluding hydrogens is 184 g/mol. The van der Waals surface area contributed by atoms with E-state index in [4.69, 9.17) is 4.74 Å². The molecule has 1 aliphatic heterocycles. The molecule has 2 rings (SSSR count). The summed E-state index contributed by atoms with van der Waals surface area (Å²) < 4.78 is 5.59. The molecule has 1 aromatic rings. The second kappa shape index (κ2) is 3.93. The summed E-state index contributed by atoms with van der Waals surface area (Å²) in [5.41, 5.74) is 2.25. The Kier molecular flexibility index (Phi) is 2.63. The van der Waals surface area contributed by atoms with Crippen molar-refractivity contribution in [1.29, 1.82) is 0 Å². The van der Waals surface area contributed by atoms with Crippen molar-refractivity contribution >= 4 is 5.57 Å². The summed E-state index contributed by atoms with van der Waals surface area (Å²) in [5.74, 6) is 0. The van der Waals surface area contributed by atoms with Gasteiger partial charge in [-0.1, -0.05) is 36.9 Å². The Bertz CT molecular complexity index is 368. The van der Waals surface area contributed by atoms with Crippen molar-refractivity contribution in [1.82, 2.24) is 0 Å². The molecule has 0 saturated carbocycles. The molecule has 0 N–H and O–H groups in total. The highest BCUT2D eigenvalue weighted by Gasteiger charge is 2.28. The van der Waals surface area contributed by atoms with Gasteiger partial charge in [-0.3, -0.25) is 0 Å². The van der Waals surface area contributed by atoms with E-state index in [0.29, 0.717) is 0 Å². The fourth-order valence-electron chi connectivity index (χ4n) is 1.90. The summed E-state index contributed by atoms with van der Waals surface area (Å²) in [6.45, 7) is 6.25. The van der Waals surface area contributed by atoms with Crippen molar-refractivity contribution in [3.8, 4) is 0 Å². The van der Waals surface area contributed by atoms with E-state index in [1.807, 2.05) is 18.2 Å². The summed E-state index contributed by atoms with van der Waals surface area (Å²) in [5, 5.41) is 0. The van der Waals surface area contributed by atoms with Crippen LogP contribution in [-0.2, 0) is 4.74 Å². The first-order valence-corrected chi connectivity index (χ1v) is 5.26. The van der Waals surface area contributed by atoms with Gasteiger partial charge in [0.05, 0.1) is 6.26 Å². The van der Waals surface area contributed by atoms with E-state index in [1.54, 1.807) is 6.26 Å². The second-order valence-electron chi connectivity index (χ2n) is 4.29. The third kappa shape index (κ3) is 2.30. The van der Waals surface area contributed by atoms with Gasteiger partial charge < -0.3 is 4.74 Å². The van der Waals surface area contributed by atoms with E-state index in [1.165, 1.54) is 5.56 Å². The number of ether oxygens (including phenoxy) is 1. The third-order valence-corrected chi connectivity index (χ3v) is 2.77. The fourth-order valence-corrected chi connectivity index (χ4v) is 1.90. The van der Waals surface area contributed by atoms with Crippen molar-refractivity contribution < 1.29 is 4.74 Å². The molecule has 1 nitrogen and oxygen atoms in total. The van der Waals surface area contributed by atoms with Gasteiger partial charge in [-0.25, -0.2) is 0 Å². The van der Waals surface area contributed by atoms with E-state index in [9.17, 15) is 0 Å². The van der Waals surface area contributed by atoms with Crippen molar-refractivity contribution in [3.05, 3.63) is 54.8 Å². The van der Waals surface area contributed by atoms with E-state index in [0.717, 1.165) is 18.4 Å². The minimum absolute atomic E-state index is 0.0904. The summed E-state index contributed by atoms with van der Waals surface area (Å²) in [4.78, 5) is 0. The number of benzene rings is 1. The molecule has 1 aromatic carbocycles. The lowest BCUT2D eigenvalue weighted by Gasteiger charge is -2.24. The topological polar surface area (TPSA) is 9.23 Å². The van der Waals surface area contributed by atoms with Gasteiger partial charge in [0, 0.05) is 12.8 Å². The highest BCUT2D eigenvalue weighted by molar-refractivity contribution is 5.64. The van der Waals surface area contributed by atoms with Crippen LogP contribution in [0.15, 0.2) is 49.2 Å². The van der Waals surface area contributed by atoms with Crippen LogP contribution in [0, 0.1) is 0 Å². The normalized spacial score (nSPS) is 23.8. The quantitative estimate of drug-likeness (QED) is 0.721. The van der Waals surface area contributed by atoms with Gasteiger partial charge in [-0.15, -0.1) is 0 Å². The lowest BCUT2D eigenvalue weighted by Crippen LogP contribution is -2.22. The lowest BCUT2D eigenvalue weighted by atomic mass is 9.91. The number of hydrogen-bond acceptors (Lipinski definition) is 1. The molecule has 0 spiro atoms. The van der Waals surface area contributed by atoms with Crippen LogP contribution < -0.4 is 0 Å². The molecule has 0 aromatic heterocycles. The molecule has 1 heterocycles. The van der Waals surface area contributed by atoms with Crippen molar-refractivity contribution in [2.45, 2.75) is 25.4 Å². The van der Waals surface area contributed by atoms with E-state index in [-0.39, 0.29) is 5.60 Å².